The molecule has 0 aliphatic rings. The molecule has 2 atom stereocenters. The van der Waals surface area contributed by atoms with Crippen molar-refractivity contribution in [1.82, 2.24) is 0 Å². The Bertz CT molecular complexity index is 408. The zero-order chi connectivity index (χ0) is 20.0. The zero-order valence-electron chi connectivity index (χ0n) is 12.7. The van der Waals surface area contributed by atoms with Crippen LogP contribution < -0.4 is 0 Å². The Morgan fingerprint density at radius 2 is 0.833 bits per heavy atom. The molecule has 2 unspecified atom stereocenters. The molecule has 0 heterocycles. The lowest BCUT2D eigenvalue weighted by Gasteiger charge is -2.24. The van der Waals surface area contributed by atoms with Gasteiger partial charge in [-0.05, 0) is 0 Å². The fraction of sp³-hybridized carbons (Fsp3) is 1.00. The number of aliphatic hydroxyl groups is 2. The van der Waals surface area contributed by atoms with Crippen LogP contribution in [0.15, 0.2) is 0 Å². The summed E-state index contributed by atoms with van der Waals surface area (Å²) in [4.78, 5) is 0. The summed E-state index contributed by atoms with van der Waals surface area (Å²) in [5.74, 6) is -3.60. The van der Waals surface area contributed by atoms with Gasteiger partial charge in [0.05, 0.1) is 0 Å². The predicted octanol–water partition coefficient (Wildman–Crippen LogP) is 4.32. The summed E-state index contributed by atoms with van der Waals surface area (Å²) in [6, 6.07) is 0. The Kier molecular flexibility index (Phi) is 13.0. The van der Waals surface area contributed by atoms with E-state index in [0.717, 1.165) is 28.4 Å². The van der Waals surface area contributed by atoms with Crippen LogP contribution in [0.3, 0.4) is 0 Å². The molecule has 0 rings (SSSR count). The first kappa shape index (κ1) is 28.2. The van der Waals surface area contributed by atoms with Crippen LogP contribution in [0.25, 0.3) is 0 Å². The molecule has 16 heteroatoms. The van der Waals surface area contributed by atoms with Crippen LogP contribution in [0.4, 0.5) is 0 Å². The van der Waals surface area contributed by atoms with E-state index in [9.17, 15) is 19.3 Å². The number of hydrogen-bond acceptors (Lipinski definition) is 8. The SMILES string of the molecule is COP(=O)(OC)C(O)C(Cl)(Cl)Cl.COP(=O)(OC)C(O)C(Cl)(Cl)Cl. The molecule has 148 valence electrons. The lowest BCUT2D eigenvalue weighted by atomic mass is 10.8. The minimum atomic E-state index is -3.73. The third-order valence-electron chi connectivity index (χ3n) is 2.20. The van der Waals surface area contributed by atoms with Crippen molar-refractivity contribution in [3.8, 4) is 0 Å². The first-order chi connectivity index (χ1) is 10.6. The van der Waals surface area contributed by atoms with E-state index in [1.165, 1.54) is 0 Å². The summed E-state index contributed by atoms with van der Waals surface area (Å²) in [5, 5.41) is 18.4. The van der Waals surface area contributed by atoms with E-state index >= 15 is 0 Å². The number of hydrogen-bond donors (Lipinski definition) is 2. The van der Waals surface area contributed by atoms with E-state index in [-0.39, 0.29) is 0 Å². The highest BCUT2D eigenvalue weighted by Crippen LogP contribution is 2.58. The first-order valence-corrected chi connectivity index (χ1v) is 11.0. The van der Waals surface area contributed by atoms with Crippen molar-refractivity contribution >= 4 is 84.8 Å². The molecule has 0 aliphatic carbocycles. The van der Waals surface area contributed by atoms with Crippen LogP contribution in [0.5, 0.6) is 0 Å². The molecular formula is C8H16Cl6O8P2. The van der Waals surface area contributed by atoms with Gasteiger partial charge in [-0.3, -0.25) is 9.13 Å². The van der Waals surface area contributed by atoms with E-state index < -0.39 is 34.5 Å². The van der Waals surface area contributed by atoms with Gasteiger partial charge in [0, 0.05) is 28.4 Å². The van der Waals surface area contributed by atoms with Gasteiger partial charge >= 0.3 is 15.2 Å². The summed E-state index contributed by atoms with van der Waals surface area (Å²) in [5.41, 5.74) is 0. The molecule has 0 fully saturated rings. The molecule has 8 nitrogen and oxygen atoms in total. The zero-order valence-corrected chi connectivity index (χ0v) is 19.0. The molecule has 0 radical (unpaired) electrons. The summed E-state index contributed by atoms with van der Waals surface area (Å²) in [6.07, 6.45) is 0. The van der Waals surface area contributed by atoms with Crippen LogP contribution in [0, 0.1) is 0 Å². The molecule has 0 saturated carbocycles. The number of alkyl halides is 6. The van der Waals surface area contributed by atoms with Crippen molar-refractivity contribution in [2.24, 2.45) is 0 Å². The predicted molar refractivity (Wildman–Crippen MR) is 95.8 cm³/mol. The van der Waals surface area contributed by atoms with Gasteiger partial charge in [0.25, 0.3) is 0 Å². The van der Waals surface area contributed by atoms with Crippen molar-refractivity contribution < 1.29 is 37.4 Å². The maximum absolute atomic E-state index is 11.3. The Hall–Kier alpha value is 1.96. The minimum absolute atomic E-state index is 1.09. The fourth-order valence-electron chi connectivity index (χ4n) is 0.907. The molecule has 2 N–H and O–H groups in total. The van der Waals surface area contributed by atoms with Crippen LogP contribution >= 0.6 is 84.8 Å². The number of rotatable bonds is 6. The maximum atomic E-state index is 11.3. The molecule has 0 bridgehead atoms. The van der Waals surface area contributed by atoms with E-state index in [4.69, 9.17) is 69.6 Å². The van der Waals surface area contributed by atoms with Crippen molar-refractivity contribution in [3.05, 3.63) is 0 Å². The third kappa shape index (κ3) is 8.77. The van der Waals surface area contributed by atoms with Crippen LogP contribution in [0.2, 0.25) is 0 Å². The van der Waals surface area contributed by atoms with Crippen LogP contribution in [0.1, 0.15) is 0 Å². The van der Waals surface area contributed by atoms with Gasteiger partial charge < -0.3 is 28.3 Å². The molecule has 0 aliphatic heterocycles. The Morgan fingerprint density at radius 3 is 0.875 bits per heavy atom. The van der Waals surface area contributed by atoms with Crippen LogP contribution in [-0.2, 0) is 27.2 Å². The molecule has 0 aromatic carbocycles. The first-order valence-electron chi connectivity index (χ1n) is 5.47. The molecule has 24 heavy (non-hydrogen) atoms. The third-order valence-corrected chi connectivity index (χ3v) is 8.36. The summed E-state index contributed by atoms with van der Waals surface area (Å²) in [7, 11) is -3.12. The average Bonchev–Trinajstić information content (AvgIpc) is 2.50. The molecule has 0 saturated heterocycles. The second kappa shape index (κ2) is 11.1. The lowest BCUT2D eigenvalue weighted by Crippen LogP contribution is -2.26. The minimum Gasteiger partial charge on any atom is -0.377 e. The van der Waals surface area contributed by atoms with Gasteiger partial charge in [-0.25, -0.2) is 0 Å². The van der Waals surface area contributed by atoms with Gasteiger partial charge in [-0.2, -0.15) is 0 Å². The van der Waals surface area contributed by atoms with Gasteiger partial charge in [-0.1, -0.05) is 69.6 Å². The molecular weight excluding hydrogens is 499 g/mol. The lowest BCUT2D eigenvalue weighted by molar-refractivity contribution is 0.176. The molecule has 0 amide bonds. The topological polar surface area (TPSA) is 112 Å². The summed E-state index contributed by atoms with van der Waals surface area (Å²) in [6.45, 7) is 0. The monoisotopic (exact) mass is 512 g/mol. The number of halogens is 6. The quantitative estimate of drug-likeness (QED) is 0.398. The summed E-state index contributed by atoms with van der Waals surface area (Å²) >= 11 is 31.6. The molecule has 0 aromatic heterocycles. The average molecular weight is 515 g/mol. The van der Waals surface area contributed by atoms with Gasteiger partial charge in [0.1, 0.15) is 0 Å². The Balaban J connectivity index is 0. The molecule has 0 aromatic rings. The van der Waals surface area contributed by atoms with Gasteiger partial charge in [-0.15, -0.1) is 0 Å². The van der Waals surface area contributed by atoms with Crippen molar-refractivity contribution in [3.63, 3.8) is 0 Å². The standard InChI is InChI=1S/2C4H8Cl3O4P/c2*1-10-12(9,11-2)3(8)4(5,6)7/h2*3,8H,1-2H3. The van der Waals surface area contributed by atoms with E-state index in [2.05, 4.69) is 18.1 Å². The normalized spacial score (nSPS) is 16.2. The van der Waals surface area contributed by atoms with Crippen molar-refractivity contribution in [1.29, 1.82) is 0 Å². The van der Waals surface area contributed by atoms with Crippen molar-refractivity contribution in [2.45, 2.75) is 19.3 Å². The van der Waals surface area contributed by atoms with Gasteiger partial charge in [0.15, 0.2) is 0 Å². The largest absolute Gasteiger partial charge is 0.377 e. The number of aliphatic hydroxyl groups excluding tert-OH is 2. The smallest absolute Gasteiger partial charge is 0.362 e. The highest BCUT2D eigenvalue weighted by molar-refractivity contribution is 7.55. The maximum Gasteiger partial charge on any atom is 0.362 e. The highest BCUT2D eigenvalue weighted by atomic mass is 35.6. The van der Waals surface area contributed by atoms with E-state index in [0.29, 0.717) is 0 Å². The second-order valence-corrected chi connectivity index (χ2v) is 13.0. The highest BCUT2D eigenvalue weighted by Gasteiger charge is 2.47. The second-order valence-electron chi connectivity index (χ2n) is 3.64. The Morgan fingerprint density at radius 1 is 0.667 bits per heavy atom. The Labute approximate surface area is 169 Å². The fourth-order valence-corrected chi connectivity index (χ4v) is 4.87. The molecule has 0 spiro atoms. The van der Waals surface area contributed by atoms with E-state index in [1.54, 1.807) is 0 Å². The summed E-state index contributed by atoms with van der Waals surface area (Å²) < 4.78 is 36.1. The van der Waals surface area contributed by atoms with Crippen LogP contribution in [-0.4, -0.2) is 57.9 Å². The van der Waals surface area contributed by atoms with Crippen molar-refractivity contribution in [2.75, 3.05) is 28.4 Å². The van der Waals surface area contributed by atoms with Gasteiger partial charge in [0.2, 0.25) is 19.3 Å². The van der Waals surface area contributed by atoms with E-state index in [1.807, 2.05) is 0 Å².